The van der Waals surface area contributed by atoms with E-state index in [4.69, 9.17) is 4.74 Å². The molecule has 1 heterocycles. The summed E-state index contributed by atoms with van der Waals surface area (Å²) in [7, 11) is 1.55. The van der Waals surface area contributed by atoms with Crippen molar-refractivity contribution < 1.29 is 9.53 Å². The lowest BCUT2D eigenvalue weighted by Crippen LogP contribution is -2.31. The molecule has 1 amide bonds. The molecule has 0 saturated heterocycles. The molecule has 4 nitrogen and oxygen atoms in total. The molecule has 4 heteroatoms. The van der Waals surface area contributed by atoms with E-state index in [-0.39, 0.29) is 5.91 Å². The molecule has 0 saturated carbocycles. The Morgan fingerprint density at radius 2 is 1.87 bits per heavy atom. The Hall–Kier alpha value is -2.59. The summed E-state index contributed by atoms with van der Waals surface area (Å²) in [5.41, 5.74) is 3.18. The molecule has 0 bridgehead atoms. The van der Waals surface area contributed by atoms with Crippen LogP contribution in [0.15, 0.2) is 60.8 Å². The molecule has 23 heavy (non-hydrogen) atoms. The summed E-state index contributed by atoms with van der Waals surface area (Å²) in [5, 5.41) is 4.16. The van der Waals surface area contributed by atoms with Crippen molar-refractivity contribution in [3.63, 3.8) is 0 Å². The second-order valence-corrected chi connectivity index (χ2v) is 5.43. The van der Waals surface area contributed by atoms with E-state index in [0.717, 1.165) is 17.5 Å². The first-order valence-corrected chi connectivity index (χ1v) is 7.70. The molecule has 1 atom stereocenters. The molecule has 3 aromatic rings. The lowest BCUT2D eigenvalue weighted by molar-refractivity contribution is -0.131. The Kier molecular flexibility index (Phi) is 4.74. The zero-order chi connectivity index (χ0) is 16.1. The number of carbonyl (C=O) groups is 1. The summed E-state index contributed by atoms with van der Waals surface area (Å²) in [6.07, 6.45) is 2.21. The maximum absolute atomic E-state index is 12.3. The van der Waals surface area contributed by atoms with E-state index in [1.807, 2.05) is 54.7 Å². The largest absolute Gasteiger partial charge is 0.367 e. The van der Waals surface area contributed by atoms with Crippen LogP contribution in [0.2, 0.25) is 0 Å². The van der Waals surface area contributed by atoms with Gasteiger partial charge in [0.05, 0.1) is 0 Å². The highest BCUT2D eigenvalue weighted by Crippen LogP contribution is 2.18. The number of rotatable bonds is 6. The topological polar surface area (TPSA) is 54.1 Å². The minimum atomic E-state index is -0.570. The van der Waals surface area contributed by atoms with Crippen molar-refractivity contribution in [3.05, 3.63) is 71.9 Å². The molecule has 2 aromatic carbocycles. The van der Waals surface area contributed by atoms with Crippen molar-refractivity contribution in [1.29, 1.82) is 0 Å². The SMILES string of the molecule is COC(C(=O)NCCc1c[nH]c2ccccc12)c1ccccc1. The van der Waals surface area contributed by atoms with E-state index < -0.39 is 6.10 Å². The van der Waals surface area contributed by atoms with Crippen molar-refractivity contribution in [2.24, 2.45) is 0 Å². The van der Waals surface area contributed by atoms with E-state index in [0.29, 0.717) is 6.54 Å². The number of aromatic nitrogens is 1. The van der Waals surface area contributed by atoms with Crippen molar-refractivity contribution in [3.8, 4) is 0 Å². The van der Waals surface area contributed by atoms with Crippen LogP contribution in [-0.4, -0.2) is 24.5 Å². The number of nitrogens with one attached hydrogen (secondary N) is 2. The first-order chi connectivity index (χ1) is 11.3. The monoisotopic (exact) mass is 308 g/mol. The molecule has 3 rings (SSSR count). The van der Waals surface area contributed by atoms with Gasteiger partial charge in [0.1, 0.15) is 0 Å². The molecule has 1 aromatic heterocycles. The number of para-hydroxylation sites is 1. The van der Waals surface area contributed by atoms with E-state index in [1.54, 1.807) is 7.11 Å². The van der Waals surface area contributed by atoms with Gasteiger partial charge < -0.3 is 15.0 Å². The Morgan fingerprint density at radius 1 is 1.13 bits per heavy atom. The highest BCUT2D eigenvalue weighted by molar-refractivity contribution is 5.84. The Labute approximate surface area is 135 Å². The third-order valence-electron chi connectivity index (χ3n) is 3.94. The van der Waals surface area contributed by atoms with Gasteiger partial charge in [-0.2, -0.15) is 0 Å². The first kappa shape index (κ1) is 15.3. The zero-order valence-corrected chi connectivity index (χ0v) is 13.1. The van der Waals surface area contributed by atoms with Crippen LogP contribution < -0.4 is 5.32 Å². The van der Waals surface area contributed by atoms with Crippen LogP contribution in [0.3, 0.4) is 0 Å². The summed E-state index contributed by atoms with van der Waals surface area (Å²) in [6.45, 7) is 0.577. The standard InChI is InChI=1S/C19H20N2O2/c1-23-18(14-7-3-2-4-8-14)19(22)20-12-11-15-13-21-17-10-6-5-9-16(15)17/h2-10,13,18,21H,11-12H2,1H3,(H,20,22). The lowest BCUT2D eigenvalue weighted by Gasteiger charge is -2.15. The summed E-state index contributed by atoms with van der Waals surface area (Å²) in [6, 6.07) is 17.7. The van der Waals surface area contributed by atoms with Crippen molar-refractivity contribution >= 4 is 16.8 Å². The van der Waals surface area contributed by atoms with Gasteiger partial charge in [-0.3, -0.25) is 4.79 Å². The predicted molar refractivity (Wildman–Crippen MR) is 91.2 cm³/mol. The second kappa shape index (κ2) is 7.11. The number of aromatic amines is 1. The van der Waals surface area contributed by atoms with E-state index >= 15 is 0 Å². The normalized spacial score (nSPS) is 12.2. The number of hydrogen-bond acceptors (Lipinski definition) is 2. The summed E-state index contributed by atoms with van der Waals surface area (Å²) in [5.74, 6) is -0.112. The first-order valence-electron chi connectivity index (χ1n) is 7.70. The Morgan fingerprint density at radius 3 is 2.65 bits per heavy atom. The predicted octanol–water partition coefficient (Wildman–Crippen LogP) is 3.21. The molecule has 1 unspecified atom stereocenters. The average molecular weight is 308 g/mol. The fraction of sp³-hybridized carbons (Fsp3) is 0.211. The van der Waals surface area contributed by atoms with E-state index in [1.165, 1.54) is 10.9 Å². The van der Waals surface area contributed by atoms with Crippen molar-refractivity contribution in [2.45, 2.75) is 12.5 Å². The summed E-state index contributed by atoms with van der Waals surface area (Å²) < 4.78 is 5.34. The van der Waals surface area contributed by atoms with Crippen LogP contribution in [0.1, 0.15) is 17.2 Å². The van der Waals surface area contributed by atoms with Gasteiger partial charge in [-0.25, -0.2) is 0 Å². The van der Waals surface area contributed by atoms with Gasteiger partial charge in [-0.15, -0.1) is 0 Å². The molecule has 0 aliphatic carbocycles. The average Bonchev–Trinajstić information content (AvgIpc) is 3.00. The molecule has 0 spiro atoms. The number of hydrogen-bond donors (Lipinski definition) is 2. The van der Waals surface area contributed by atoms with Crippen LogP contribution in [0.25, 0.3) is 10.9 Å². The van der Waals surface area contributed by atoms with Crippen LogP contribution >= 0.6 is 0 Å². The highest BCUT2D eigenvalue weighted by atomic mass is 16.5. The van der Waals surface area contributed by atoms with Crippen LogP contribution in [0, 0.1) is 0 Å². The molecule has 2 N–H and O–H groups in total. The minimum absolute atomic E-state index is 0.112. The molecular formula is C19H20N2O2. The quantitative estimate of drug-likeness (QED) is 0.734. The van der Waals surface area contributed by atoms with E-state index in [9.17, 15) is 4.79 Å². The van der Waals surface area contributed by atoms with Gasteiger partial charge >= 0.3 is 0 Å². The molecule has 0 aliphatic rings. The van der Waals surface area contributed by atoms with Gasteiger partial charge in [-0.1, -0.05) is 48.5 Å². The fourth-order valence-corrected chi connectivity index (χ4v) is 2.77. The summed E-state index contributed by atoms with van der Waals surface area (Å²) in [4.78, 5) is 15.6. The fourth-order valence-electron chi connectivity index (χ4n) is 2.77. The lowest BCUT2D eigenvalue weighted by atomic mass is 10.1. The molecule has 0 aliphatic heterocycles. The molecule has 0 radical (unpaired) electrons. The Bertz CT molecular complexity index is 780. The molecule has 118 valence electrons. The number of ether oxygens (including phenoxy) is 1. The minimum Gasteiger partial charge on any atom is -0.367 e. The smallest absolute Gasteiger partial charge is 0.253 e. The van der Waals surface area contributed by atoms with Gasteiger partial charge in [0.25, 0.3) is 5.91 Å². The number of H-pyrrole nitrogens is 1. The zero-order valence-electron chi connectivity index (χ0n) is 13.1. The van der Waals surface area contributed by atoms with Crippen LogP contribution in [0.5, 0.6) is 0 Å². The van der Waals surface area contributed by atoms with Crippen molar-refractivity contribution in [1.82, 2.24) is 10.3 Å². The van der Waals surface area contributed by atoms with Crippen LogP contribution in [-0.2, 0) is 16.0 Å². The van der Waals surface area contributed by atoms with Gasteiger partial charge in [0, 0.05) is 30.8 Å². The summed E-state index contributed by atoms with van der Waals surface area (Å²) >= 11 is 0. The maximum Gasteiger partial charge on any atom is 0.253 e. The molecular weight excluding hydrogens is 288 g/mol. The van der Waals surface area contributed by atoms with E-state index in [2.05, 4.69) is 16.4 Å². The number of amides is 1. The molecule has 0 fully saturated rings. The number of benzene rings is 2. The highest BCUT2D eigenvalue weighted by Gasteiger charge is 2.19. The van der Waals surface area contributed by atoms with Gasteiger partial charge in [0.2, 0.25) is 0 Å². The van der Waals surface area contributed by atoms with Gasteiger partial charge in [-0.05, 0) is 23.6 Å². The number of carbonyl (C=O) groups excluding carboxylic acids is 1. The Balaban J connectivity index is 1.60. The van der Waals surface area contributed by atoms with Crippen molar-refractivity contribution in [2.75, 3.05) is 13.7 Å². The number of fused-ring (bicyclic) bond motifs is 1. The third kappa shape index (κ3) is 3.43. The second-order valence-electron chi connectivity index (χ2n) is 5.43. The van der Waals surface area contributed by atoms with Crippen LogP contribution in [0.4, 0.5) is 0 Å². The maximum atomic E-state index is 12.3. The van der Waals surface area contributed by atoms with Gasteiger partial charge in [0.15, 0.2) is 6.10 Å². The number of methoxy groups -OCH3 is 1. The third-order valence-corrected chi connectivity index (χ3v) is 3.94.